The van der Waals surface area contributed by atoms with Gasteiger partial charge in [0.15, 0.2) is 11.6 Å². The van der Waals surface area contributed by atoms with Crippen LogP contribution in [-0.2, 0) is 0 Å². The number of ether oxygens (including phenoxy) is 1. The Kier molecular flexibility index (Phi) is 4.02. The molecule has 0 heterocycles. The molecule has 19 heavy (non-hydrogen) atoms. The summed E-state index contributed by atoms with van der Waals surface area (Å²) in [5.74, 6) is -0.852. The number of rotatable bonds is 3. The van der Waals surface area contributed by atoms with Crippen LogP contribution in [-0.4, -0.2) is 0 Å². The third kappa shape index (κ3) is 3.03. The van der Waals surface area contributed by atoms with E-state index in [1.807, 2.05) is 0 Å². The van der Waals surface area contributed by atoms with Crippen LogP contribution in [0.15, 0.2) is 36.4 Å². The van der Waals surface area contributed by atoms with E-state index in [9.17, 15) is 8.78 Å². The van der Waals surface area contributed by atoms with Gasteiger partial charge < -0.3 is 10.5 Å². The minimum Gasteiger partial charge on any atom is -0.452 e. The second-order valence-electron chi connectivity index (χ2n) is 4.12. The number of para-hydroxylation sites is 1. The van der Waals surface area contributed by atoms with Gasteiger partial charge in [-0.15, -0.1) is 0 Å². The van der Waals surface area contributed by atoms with Crippen molar-refractivity contribution < 1.29 is 13.5 Å². The third-order valence-corrected chi connectivity index (χ3v) is 2.89. The van der Waals surface area contributed by atoms with E-state index in [1.54, 1.807) is 19.1 Å². The van der Waals surface area contributed by atoms with Crippen molar-refractivity contribution in [2.24, 2.45) is 5.73 Å². The molecule has 2 aromatic carbocycles. The molecule has 0 spiro atoms. The molecule has 0 aliphatic heterocycles. The molecule has 0 unspecified atom stereocenters. The fraction of sp³-hybridized carbons (Fsp3) is 0.143. The van der Waals surface area contributed by atoms with Gasteiger partial charge in [-0.1, -0.05) is 23.7 Å². The molecule has 1 atom stereocenters. The van der Waals surface area contributed by atoms with Gasteiger partial charge in [0.1, 0.15) is 11.6 Å². The topological polar surface area (TPSA) is 35.2 Å². The fourth-order valence-electron chi connectivity index (χ4n) is 1.66. The molecule has 0 aliphatic carbocycles. The van der Waals surface area contributed by atoms with E-state index >= 15 is 0 Å². The Morgan fingerprint density at radius 2 is 1.95 bits per heavy atom. The molecule has 0 amide bonds. The summed E-state index contributed by atoms with van der Waals surface area (Å²) in [5.41, 5.74) is 6.27. The van der Waals surface area contributed by atoms with Crippen molar-refractivity contribution in [3.8, 4) is 11.5 Å². The van der Waals surface area contributed by atoms with Crippen molar-refractivity contribution in [2.75, 3.05) is 0 Å². The molecule has 100 valence electrons. The zero-order valence-electron chi connectivity index (χ0n) is 10.2. The van der Waals surface area contributed by atoms with Crippen LogP contribution in [0.4, 0.5) is 8.78 Å². The van der Waals surface area contributed by atoms with Gasteiger partial charge in [0.2, 0.25) is 0 Å². The monoisotopic (exact) mass is 283 g/mol. The molecule has 0 bridgehead atoms. The highest BCUT2D eigenvalue weighted by molar-refractivity contribution is 6.32. The second kappa shape index (κ2) is 5.55. The molecule has 0 radical (unpaired) electrons. The van der Waals surface area contributed by atoms with E-state index in [2.05, 4.69) is 0 Å². The van der Waals surface area contributed by atoms with Crippen LogP contribution in [0.2, 0.25) is 5.02 Å². The van der Waals surface area contributed by atoms with Gasteiger partial charge in [0.25, 0.3) is 0 Å². The quantitative estimate of drug-likeness (QED) is 0.904. The molecule has 2 aromatic rings. The molecular weight excluding hydrogens is 272 g/mol. The van der Waals surface area contributed by atoms with Gasteiger partial charge in [-0.05, 0) is 31.2 Å². The number of hydrogen-bond acceptors (Lipinski definition) is 2. The van der Waals surface area contributed by atoms with Gasteiger partial charge in [0.05, 0.1) is 5.02 Å². The molecular formula is C14H12ClF2NO. The van der Waals surface area contributed by atoms with Crippen molar-refractivity contribution >= 4 is 11.6 Å². The van der Waals surface area contributed by atoms with Crippen molar-refractivity contribution in [1.82, 2.24) is 0 Å². The lowest BCUT2D eigenvalue weighted by Gasteiger charge is -2.15. The van der Waals surface area contributed by atoms with E-state index in [4.69, 9.17) is 22.1 Å². The zero-order chi connectivity index (χ0) is 14.0. The van der Waals surface area contributed by atoms with E-state index in [1.165, 1.54) is 18.2 Å². The van der Waals surface area contributed by atoms with Crippen LogP contribution >= 0.6 is 11.6 Å². The second-order valence-corrected chi connectivity index (χ2v) is 4.53. The first-order valence-electron chi connectivity index (χ1n) is 5.66. The maximum atomic E-state index is 13.8. The molecule has 0 saturated carbocycles. The predicted octanol–water partition coefficient (Wildman–Crippen LogP) is 4.43. The van der Waals surface area contributed by atoms with E-state index < -0.39 is 17.7 Å². The molecule has 0 aromatic heterocycles. The Hall–Kier alpha value is -1.65. The van der Waals surface area contributed by atoms with Gasteiger partial charge in [-0.2, -0.15) is 0 Å². The number of hydrogen-bond donors (Lipinski definition) is 1. The van der Waals surface area contributed by atoms with Crippen molar-refractivity contribution in [3.63, 3.8) is 0 Å². The molecule has 0 aliphatic rings. The van der Waals surface area contributed by atoms with Gasteiger partial charge in [-0.3, -0.25) is 0 Å². The van der Waals surface area contributed by atoms with Gasteiger partial charge >= 0.3 is 0 Å². The highest BCUT2D eigenvalue weighted by atomic mass is 35.5. The summed E-state index contributed by atoms with van der Waals surface area (Å²) in [4.78, 5) is 0. The van der Waals surface area contributed by atoms with Crippen LogP contribution in [0.5, 0.6) is 11.5 Å². The highest BCUT2D eigenvalue weighted by Gasteiger charge is 2.15. The first-order valence-corrected chi connectivity index (χ1v) is 6.03. The average Bonchev–Trinajstić information content (AvgIpc) is 2.34. The molecule has 0 saturated heterocycles. The molecule has 2 rings (SSSR count). The molecule has 0 fully saturated rings. The van der Waals surface area contributed by atoms with Gasteiger partial charge in [-0.25, -0.2) is 8.78 Å². The van der Waals surface area contributed by atoms with Crippen LogP contribution in [0.1, 0.15) is 18.5 Å². The van der Waals surface area contributed by atoms with E-state index in [-0.39, 0.29) is 16.5 Å². The lowest BCUT2D eigenvalue weighted by atomic mass is 10.1. The maximum Gasteiger partial charge on any atom is 0.167 e. The summed E-state index contributed by atoms with van der Waals surface area (Å²) >= 11 is 5.84. The zero-order valence-corrected chi connectivity index (χ0v) is 10.9. The number of benzene rings is 2. The van der Waals surface area contributed by atoms with Crippen LogP contribution in [0.3, 0.4) is 0 Å². The molecule has 2 nitrogen and oxygen atoms in total. The van der Waals surface area contributed by atoms with Gasteiger partial charge in [0, 0.05) is 11.6 Å². The predicted molar refractivity (Wildman–Crippen MR) is 70.5 cm³/mol. The van der Waals surface area contributed by atoms with Crippen molar-refractivity contribution in [3.05, 3.63) is 58.6 Å². The van der Waals surface area contributed by atoms with Crippen LogP contribution < -0.4 is 10.5 Å². The summed E-state index contributed by atoms with van der Waals surface area (Å²) in [6.07, 6.45) is 0. The Morgan fingerprint density at radius 3 is 2.58 bits per heavy atom. The lowest BCUT2D eigenvalue weighted by molar-refractivity contribution is 0.432. The smallest absolute Gasteiger partial charge is 0.167 e. The average molecular weight is 284 g/mol. The summed E-state index contributed by atoms with van der Waals surface area (Å²) in [7, 11) is 0. The maximum absolute atomic E-state index is 13.8. The highest BCUT2D eigenvalue weighted by Crippen LogP contribution is 2.35. The summed E-state index contributed by atoms with van der Waals surface area (Å²) in [6.45, 7) is 1.72. The minimum absolute atomic E-state index is 0.00556. The lowest BCUT2D eigenvalue weighted by Crippen LogP contribution is -2.07. The number of nitrogens with two attached hydrogens (primary N) is 1. The Morgan fingerprint density at radius 1 is 1.21 bits per heavy atom. The Balaban J connectivity index is 2.43. The summed E-state index contributed by atoms with van der Waals surface area (Å²) in [6, 6.07) is 7.71. The fourth-order valence-corrected chi connectivity index (χ4v) is 1.87. The summed E-state index contributed by atoms with van der Waals surface area (Å²) < 4.78 is 32.2. The first-order chi connectivity index (χ1) is 8.99. The third-order valence-electron chi connectivity index (χ3n) is 2.59. The standard InChI is InChI=1S/C14H12ClF2NO/c1-8(18)10-3-2-4-12(17)14(10)19-13-6-5-9(16)7-11(13)15/h2-8H,18H2,1H3/t8-/m1/s1. The molecule has 5 heteroatoms. The molecule has 2 N–H and O–H groups in total. The Bertz CT molecular complexity index is 602. The van der Waals surface area contributed by atoms with E-state index in [0.29, 0.717) is 5.56 Å². The van der Waals surface area contributed by atoms with E-state index in [0.717, 1.165) is 6.07 Å². The minimum atomic E-state index is -0.546. The number of halogens is 3. The normalized spacial score (nSPS) is 12.3. The van der Waals surface area contributed by atoms with Crippen molar-refractivity contribution in [1.29, 1.82) is 0 Å². The SMILES string of the molecule is C[C@@H](N)c1cccc(F)c1Oc1ccc(F)cc1Cl. The van der Waals surface area contributed by atoms with Crippen molar-refractivity contribution in [2.45, 2.75) is 13.0 Å². The summed E-state index contributed by atoms with van der Waals surface area (Å²) in [5, 5.41) is 0.0684. The largest absolute Gasteiger partial charge is 0.452 e. The van der Waals surface area contributed by atoms with Crippen LogP contribution in [0.25, 0.3) is 0 Å². The van der Waals surface area contributed by atoms with Crippen LogP contribution in [0, 0.1) is 11.6 Å². The Labute approximate surface area is 114 Å². The first kappa shape index (κ1) is 13.8.